The third kappa shape index (κ3) is 5.19. The van der Waals surface area contributed by atoms with Gasteiger partial charge in [0.1, 0.15) is 0 Å². The summed E-state index contributed by atoms with van der Waals surface area (Å²) in [5.41, 5.74) is 0.960. The Kier molecular flexibility index (Phi) is 6.94. The van der Waals surface area contributed by atoms with Gasteiger partial charge < -0.3 is 10.6 Å². The van der Waals surface area contributed by atoms with Gasteiger partial charge in [-0.15, -0.1) is 12.4 Å². The number of carbonyl (C=O) groups is 1. The van der Waals surface area contributed by atoms with Crippen molar-refractivity contribution in [1.82, 2.24) is 10.6 Å². The van der Waals surface area contributed by atoms with Crippen molar-refractivity contribution >= 4 is 41.5 Å². The predicted octanol–water partition coefficient (Wildman–Crippen LogP) is 2.68. The zero-order chi connectivity index (χ0) is 13.0. The zero-order valence-corrected chi connectivity index (χ0v) is 12.7. The molecule has 1 fully saturated rings. The molecule has 0 aliphatic carbocycles. The Balaban J connectivity index is 0.00000180. The van der Waals surface area contributed by atoms with E-state index in [2.05, 4.69) is 10.6 Å². The molecule has 2 rings (SSSR count). The second-order valence-corrected chi connectivity index (χ2v) is 5.41. The van der Waals surface area contributed by atoms with Gasteiger partial charge in [-0.1, -0.05) is 29.3 Å². The van der Waals surface area contributed by atoms with Crippen LogP contribution in [0.3, 0.4) is 0 Å². The second kappa shape index (κ2) is 7.95. The van der Waals surface area contributed by atoms with Gasteiger partial charge in [-0.3, -0.25) is 4.79 Å². The SMILES string of the molecule is Cl.O=C(CCc1ccc(Cl)cc1Cl)NCC1CNC1. The number of aryl methyl sites for hydroxylation is 1. The maximum absolute atomic E-state index is 11.6. The molecule has 1 aromatic rings. The molecule has 3 nitrogen and oxygen atoms in total. The number of halogens is 3. The van der Waals surface area contributed by atoms with E-state index in [4.69, 9.17) is 23.2 Å². The van der Waals surface area contributed by atoms with Gasteiger partial charge in [0.05, 0.1) is 0 Å². The molecule has 1 aliphatic rings. The summed E-state index contributed by atoms with van der Waals surface area (Å²) in [4.78, 5) is 11.6. The third-order valence-corrected chi connectivity index (χ3v) is 3.68. The van der Waals surface area contributed by atoms with Crippen LogP contribution in [0.5, 0.6) is 0 Å². The van der Waals surface area contributed by atoms with E-state index in [1.165, 1.54) is 0 Å². The third-order valence-electron chi connectivity index (χ3n) is 3.09. The number of amides is 1. The van der Waals surface area contributed by atoms with Crippen molar-refractivity contribution < 1.29 is 4.79 Å². The summed E-state index contributed by atoms with van der Waals surface area (Å²) in [5.74, 6) is 0.668. The predicted molar refractivity (Wildman–Crippen MR) is 81.4 cm³/mol. The van der Waals surface area contributed by atoms with E-state index in [1.807, 2.05) is 6.07 Å². The summed E-state index contributed by atoms with van der Waals surface area (Å²) >= 11 is 11.9. The van der Waals surface area contributed by atoms with Crippen LogP contribution in [0, 0.1) is 5.92 Å². The fourth-order valence-electron chi connectivity index (χ4n) is 1.81. The maximum Gasteiger partial charge on any atom is 0.220 e. The first kappa shape index (κ1) is 16.6. The number of benzene rings is 1. The van der Waals surface area contributed by atoms with Crippen LogP contribution < -0.4 is 10.6 Å². The number of hydrogen-bond acceptors (Lipinski definition) is 2. The van der Waals surface area contributed by atoms with Gasteiger partial charge in [-0.2, -0.15) is 0 Å². The first-order chi connectivity index (χ1) is 8.65. The van der Waals surface area contributed by atoms with Crippen molar-refractivity contribution in [2.45, 2.75) is 12.8 Å². The highest BCUT2D eigenvalue weighted by Gasteiger charge is 2.17. The van der Waals surface area contributed by atoms with Crippen LogP contribution in [0.1, 0.15) is 12.0 Å². The van der Waals surface area contributed by atoms with Crippen LogP contribution in [0.25, 0.3) is 0 Å². The average Bonchev–Trinajstić information content (AvgIpc) is 2.25. The summed E-state index contributed by atoms with van der Waals surface area (Å²) in [6, 6.07) is 5.37. The minimum Gasteiger partial charge on any atom is -0.356 e. The lowest BCUT2D eigenvalue weighted by molar-refractivity contribution is -0.121. The Hall–Kier alpha value is -0.480. The van der Waals surface area contributed by atoms with Gasteiger partial charge in [-0.05, 0) is 24.1 Å². The summed E-state index contributed by atoms with van der Waals surface area (Å²) in [6.07, 6.45) is 1.10. The molecule has 19 heavy (non-hydrogen) atoms. The maximum atomic E-state index is 11.6. The van der Waals surface area contributed by atoms with E-state index >= 15 is 0 Å². The van der Waals surface area contributed by atoms with Gasteiger partial charge in [-0.25, -0.2) is 0 Å². The lowest BCUT2D eigenvalue weighted by atomic mass is 10.0. The first-order valence-corrected chi connectivity index (χ1v) is 6.82. The molecule has 0 saturated carbocycles. The molecule has 1 aliphatic heterocycles. The lowest BCUT2D eigenvalue weighted by Gasteiger charge is -2.27. The Labute approximate surface area is 129 Å². The minimum atomic E-state index is 0. The van der Waals surface area contributed by atoms with Crippen LogP contribution in [-0.4, -0.2) is 25.5 Å². The molecule has 106 valence electrons. The van der Waals surface area contributed by atoms with Crippen molar-refractivity contribution in [2.75, 3.05) is 19.6 Å². The Bertz CT molecular complexity index is 436. The van der Waals surface area contributed by atoms with E-state index in [-0.39, 0.29) is 18.3 Å². The molecule has 0 atom stereocenters. The molecule has 0 radical (unpaired) electrons. The molecular formula is C13H17Cl3N2O. The van der Waals surface area contributed by atoms with Crippen LogP contribution in [-0.2, 0) is 11.2 Å². The first-order valence-electron chi connectivity index (χ1n) is 6.06. The highest BCUT2D eigenvalue weighted by atomic mass is 35.5. The second-order valence-electron chi connectivity index (χ2n) is 4.56. The van der Waals surface area contributed by atoms with Gasteiger partial charge >= 0.3 is 0 Å². The van der Waals surface area contributed by atoms with Crippen LogP contribution in [0.4, 0.5) is 0 Å². The van der Waals surface area contributed by atoms with Crippen LogP contribution in [0.15, 0.2) is 18.2 Å². The van der Waals surface area contributed by atoms with Gasteiger partial charge in [0.25, 0.3) is 0 Å². The topological polar surface area (TPSA) is 41.1 Å². The molecular weight excluding hydrogens is 307 g/mol. The minimum absolute atomic E-state index is 0. The summed E-state index contributed by atoms with van der Waals surface area (Å²) in [5, 5.41) is 7.35. The molecule has 1 aromatic carbocycles. The number of rotatable bonds is 5. The monoisotopic (exact) mass is 322 g/mol. The number of hydrogen-bond donors (Lipinski definition) is 2. The molecule has 2 N–H and O–H groups in total. The summed E-state index contributed by atoms with van der Waals surface area (Å²) in [7, 11) is 0. The van der Waals surface area contributed by atoms with Crippen molar-refractivity contribution in [2.24, 2.45) is 5.92 Å². The lowest BCUT2D eigenvalue weighted by Crippen LogP contribution is -2.48. The zero-order valence-electron chi connectivity index (χ0n) is 10.4. The molecule has 1 amide bonds. The van der Waals surface area contributed by atoms with Crippen molar-refractivity contribution in [1.29, 1.82) is 0 Å². The standard InChI is InChI=1S/C13H16Cl2N2O.ClH/c14-11-3-1-10(12(15)5-11)2-4-13(18)17-8-9-6-16-7-9;/h1,3,5,9,16H,2,4,6-8H2,(H,17,18);1H. The molecule has 1 heterocycles. The van der Waals surface area contributed by atoms with Gasteiger partial charge in [0.2, 0.25) is 5.91 Å². The molecule has 0 spiro atoms. The fourth-order valence-corrected chi connectivity index (χ4v) is 2.31. The molecule has 0 bridgehead atoms. The van der Waals surface area contributed by atoms with E-state index in [9.17, 15) is 4.79 Å². The van der Waals surface area contributed by atoms with Crippen molar-refractivity contribution in [3.05, 3.63) is 33.8 Å². The van der Waals surface area contributed by atoms with Crippen molar-refractivity contribution in [3.63, 3.8) is 0 Å². The molecule has 1 saturated heterocycles. The molecule has 0 unspecified atom stereocenters. The number of carbonyl (C=O) groups excluding carboxylic acids is 1. The quantitative estimate of drug-likeness (QED) is 0.875. The largest absolute Gasteiger partial charge is 0.356 e. The Morgan fingerprint density at radius 3 is 2.68 bits per heavy atom. The number of nitrogens with one attached hydrogen (secondary N) is 2. The fraction of sp³-hybridized carbons (Fsp3) is 0.462. The van der Waals surface area contributed by atoms with E-state index < -0.39 is 0 Å². The van der Waals surface area contributed by atoms with E-state index in [1.54, 1.807) is 12.1 Å². The van der Waals surface area contributed by atoms with E-state index in [0.29, 0.717) is 28.8 Å². The van der Waals surface area contributed by atoms with Crippen LogP contribution >= 0.6 is 35.6 Å². The molecule has 6 heteroatoms. The Morgan fingerprint density at radius 2 is 2.11 bits per heavy atom. The van der Waals surface area contributed by atoms with Gasteiger partial charge in [0, 0.05) is 42.0 Å². The average molecular weight is 324 g/mol. The Morgan fingerprint density at radius 1 is 1.37 bits per heavy atom. The highest BCUT2D eigenvalue weighted by Crippen LogP contribution is 2.21. The van der Waals surface area contributed by atoms with Crippen molar-refractivity contribution in [3.8, 4) is 0 Å². The van der Waals surface area contributed by atoms with E-state index in [0.717, 1.165) is 25.2 Å². The highest BCUT2D eigenvalue weighted by molar-refractivity contribution is 6.35. The summed E-state index contributed by atoms with van der Waals surface area (Å²) < 4.78 is 0. The molecule has 0 aromatic heterocycles. The van der Waals surface area contributed by atoms with Crippen LogP contribution in [0.2, 0.25) is 10.0 Å². The normalized spacial score (nSPS) is 14.4. The smallest absolute Gasteiger partial charge is 0.220 e. The van der Waals surface area contributed by atoms with Gasteiger partial charge in [0.15, 0.2) is 0 Å². The summed E-state index contributed by atoms with van der Waals surface area (Å²) in [6.45, 7) is 2.77.